The molecule has 6 nitrogen and oxygen atoms in total. The minimum absolute atomic E-state index is 0.142. The molecule has 1 amide bonds. The van der Waals surface area contributed by atoms with Crippen LogP contribution in [-0.2, 0) is 17.2 Å². The van der Waals surface area contributed by atoms with Gasteiger partial charge in [0, 0.05) is 42.6 Å². The van der Waals surface area contributed by atoms with Crippen molar-refractivity contribution < 1.29 is 9.00 Å². The van der Waals surface area contributed by atoms with E-state index in [4.69, 9.17) is 0 Å². The molecule has 154 valence electrons. The number of carbonyl (C=O) groups excluding carboxylic acids is 1. The number of para-hydroxylation sites is 1. The number of carbonyl (C=O) groups is 1. The summed E-state index contributed by atoms with van der Waals surface area (Å²) in [4.78, 5) is 23.4. The van der Waals surface area contributed by atoms with E-state index in [9.17, 15) is 9.00 Å². The van der Waals surface area contributed by atoms with Crippen LogP contribution in [0.1, 0.15) is 29.3 Å². The molecule has 1 N–H and O–H groups in total. The highest BCUT2D eigenvalue weighted by atomic mass is 32.2. The van der Waals surface area contributed by atoms with Crippen LogP contribution in [0.2, 0.25) is 0 Å². The number of rotatable bonds is 6. The molecule has 3 aromatic rings. The molecule has 30 heavy (non-hydrogen) atoms. The summed E-state index contributed by atoms with van der Waals surface area (Å²) in [6, 6.07) is 15.3. The van der Waals surface area contributed by atoms with Gasteiger partial charge in [-0.2, -0.15) is 0 Å². The predicted molar refractivity (Wildman–Crippen MR) is 119 cm³/mol. The summed E-state index contributed by atoms with van der Waals surface area (Å²) >= 11 is 0. The number of pyridine rings is 2. The first kappa shape index (κ1) is 20.2. The van der Waals surface area contributed by atoms with Gasteiger partial charge in [-0.3, -0.25) is 14.0 Å². The number of nitrogens with one attached hydrogen (secondary N) is 1. The molecule has 2 aromatic heterocycles. The number of nitrogens with zero attached hydrogens (tertiary/aromatic N) is 3. The zero-order chi connectivity index (χ0) is 20.9. The predicted octanol–water partition coefficient (Wildman–Crippen LogP) is 3.68. The van der Waals surface area contributed by atoms with E-state index in [1.165, 1.54) is 11.3 Å². The fourth-order valence-electron chi connectivity index (χ4n) is 3.91. The van der Waals surface area contributed by atoms with E-state index in [2.05, 4.69) is 45.3 Å². The van der Waals surface area contributed by atoms with Gasteiger partial charge in [0.25, 0.3) is 5.91 Å². The maximum Gasteiger partial charge on any atom is 0.258 e. The monoisotopic (exact) mass is 420 g/mol. The molecule has 0 bridgehead atoms. The fraction of sp³-hybridized carbons (Fsp3) is 0.261. The second-order valence-electron chi connectivity index (χ2n) is 7.17. The van der Waals surface area contributed by atoms with Gasteiger partial charge in [0.15, 0.2) is 0 Å². The van der Waals surface area contributed by atoms with Gasteiger partial charge in [0.1, 0.15) is 5.03 Å². The highest BCUT2D eigenvalue weighted by Crippen LogP contribution is 2.31. The average Bonchev–Trinajstić information content (AvgIpc) is 2.79. The van der Waals surface area contributed by atoms with Crippen molar-refractivity contribution in [2.45, 2.75) is 30.8 Å². The third-order valence-electron chi connectivity index (χ3n) is 5.34. The lowest BCUT2D eigenvalue weighted by molar-refractivity contribution is 0.102. The third-order valence-corrected chi connectivity index (χ3v) is 6.79. The SMILES string of the molecule is CCN1c2ccccc2CCC1CS(=O)c1ncccc1C(=O)Nc1ccncc1. The highest BCUT2D eigenvalue weighted by molar-refractivity contribution is 7.85. The van der Waals surface area contributed by atoms with E-state index < -0.39 is 10.8 Å². The Hall–Kier alpha value is -3.06. The molecule has 0 spiro atoms. The van der Waals surface area contributed by atoms with E-state index >= 15 is 0 Å². The number of hydrogen-bond donors (Lipinski definition) is 1. The van der Waals surface area contributed by atoms with Crippen molar-refractivity contribution in [3.63, 3.8) is 0 Å². The molecular formula is C23H24N4O2S. The van der Waals surface area contributed by atoms with Gasteiger partial charge in [-0.1, -0.05) is 18.2 Å². The summed E-state index contributed by atoms with van der Waals surface area (Å²) in [5.41, 5.74) is 3.52. The topological polar surface area (TPSA) is 75.2 Å². The molecule has 1 aliphatic rings. The van der Waals surface area contributed by atoms with Crippen molar-refractivity contribution in [3.05, 3.63) is 78.2 Å². The number of aryl methyl sites for hydroxylation is 1. The summed E-state index contributed by atoms with van der Waals surface area (Å²) in [7, 11) is -1.40. The van der Waals surface area contributed by atoms with Crippen LogP contribution >= 0.6 is 0 Å². The number of benzene rings is 1. The first-order valence-corrected chi connectivity index (χ1v) is 11.4. The van der Waals surface area contributed by atoms with Crippen molar-refractivity contribution in [2.24, 2.45) is 0 Å². The lowest BCUT2D eigenvalue weighted by Crippen LogP contribution is -2.42. The second-order valence-corrected chi connectivity index (χ2v) is 8.58. The minimum Gasteiger partial charge on any atom is -0.368 e. The number of amides is 1. The minimum atomic E-state index is -1.40. The Morgan fingerprint density at radius 3 is 2.73 bits per heavy atom. The maximum atomic E-state index is 13.3. The lowest BCUT2D eigenvalue weighted by atomic mass is 9.97. The largest absolute Gasteiger partial charge is 0.368 e. The molecule has 0 fully saturated rings. The van der Waals surface area contributed by atoms with Gasteiger partial charge in [0.05, 0.1) is 22.1 Å². The standard InChI is InChI=1S/C23H24N4O2S/c1-2-27-19(10-9-17-6-3-4-8-21(17)27)16-30(29)23-20(7-5-13-25-23)22(28)26-18-11-14-24-15-12-18/h3-8,11-15,19H,2,9-10,16H2,1H3,(H,24,26,28). The van der Waals surface area contributed by atoms with Crippen LogP contribution in [0.4, 0.5) is 11.4 Å². The zero-order valence-corrected chi connectivity index (χ0v) is 17.6. The van der Waals surface area contributed by atoms with Gasteiger partial charge in [0.2, 0.25) is 0 Å². The van der Waals surface area contributed by atoms with E-state index in [0.29, 0.717) is 22.0 Å². The van der Waals surface area contributed by atoms with E-state index in [-0.39, 0.29) is 11.9 Å². The van der Waals surface area contributed by atoms with Crippen LogP contribution in [-0.4, -0.2) is 38.4 Å². The first-order valence-electron chi connectivity index (χ1n) is 10.1. The highest BCUT2D eigenvalue weighted by Gasteiger charge is 2.28. The Morgan fingerprint density at radius 2 is 1.93 bits per heavy atom. The molecule has 1 aromatic carbocycles. The van der Waals surface area contributed by atoms with E-state index in [0.717, 1.165) is 19.4 Å². The van der Waals surface area contributed by atoms with Crippen LogP contribution in [0.15, 0.2) is 72.1 Å². The molecule has 0 aliphatic carbocycles. The molecule has 4 rings (SSSR count). The Balaban J connectivity index is 1.54. The summed E-state index contributed by atoms with van der Waals surface area (Å²) < 4.78 is 13.3. The number of aromatic nitrogens is 2. The Kier molecular flexibility index (Phi) is 6.18. The fourth-order valence-corrected chi connectivity index (χ4v) is 5.35. The molecule has 0 radical (unpaired) electrons. The smallest absolute Gasteiger partial charge is 0.258 e. The first-order chi connectivity index (χ1) is 14.7. The number of hydrogen-bond acceptors (Lipinski definition) is 5. The normalized spacial score (nSPS) is 16.6. The molecule has 0 saturated carbocycles. The van der Waals surface area contributed by atoms with Gasteiger partial charge in [-0.15, -0.1) is 0 Å². The van der Waals surface area contributed by atoms with Crippen molar-refractivity contribution in [1.82, 2.24) is 9.97 Å². The van der Waals surface area contributed by atoms with Crippen LogP contribution in [0.25, 0.3) is 0 Å². The molecular weight excluding hydrogens is 396 g/mol. The summed E-state index contributed by atoms with van der Waals surface area (Å²) in [6.45, 7) is 2.96. The summed E-state index contributed by atoms with van der Waals surface area (Å²) in [5, 5.41) is 3.16. The Labute approximate surface area is 178 Å². The van der Waals surface area contributed by atoms with Crippen LogP contribution in [0, 0.1) is 0 Å². The Bertz CT molecular complexity index is 1060. The molecule has 0 saturated heterocycles. The van der Waals surface area contributed by atoms with Gasteiger partial charge >= 0.3 is 0 Å². The lowest BCUT2D eigenvalue weighted by Gasteiger charge is -2.38. The van der Waals surface area contributed by atoms with Crippen LogP contribution in [0.5, 0.6) is 0 Å². The quantitative estimate of drug-likeness (QED) is 0.658. The van der Waals surface area contributed by atoms with Gasteiger partial charge in [-0.25, -0.2) is 4.98 Å². The van der Waals surface area contributed by atoms with E-state index in [1.807, 2.05) is 6.07 Å². The summed E-state index contributed by atoms with van der Waals surface area (Å²) in [6.07, 6.45) is 6.70. The average molecular weight is 421 g/mol. The summed E-state index contributed by atoms with van der Waals surface area (Å²) in [5.74, 6) is 0.119. The van der Waals surface area contributed by atoms with Crippen molar-refractivity contribution >= 4 is 28.1 Å². The van der Waals surface area contributed by atoms with Crippen molar-refractivity contribution in [2.75, 3.05) is 22.5 Å². The van der Waals surface area contributed by atoms with Crippen molar-refractivity contribution in [1.29, 1.82) is 0 Å². The molecule has 1 aliphatic heterocycles. The Morgan fingerprint density at radius 1 is 1.13 bits per heavy atom. The van der Waals surface area contributed by atoms with Crippen molar-refractivity contribution in [3.8, 4) is 0 Å². The number of anilines is 2. The van der Waals surface area contributed by atoms with E-state index in [1.54, 1.807) is 42.9 Å². The van der Waals surface area contributed by atoms with Crippen LogP contribution in [0.3, 0.4) is 0 Å². The molecule has 2 unspecified atom stereocenters. The molecule has 3 heterocycles. The number of fused-ring (bicyclic) bond motifs is 1. The van der Waals surface area contributed by atoms with Gasteiger partial charge < -0.3 is 10.2 Å². The molecule has 7 heteroatoms. The molecule has 2 atom stereocenters. The third kappa shape index (κ3) is 4.26. The van der Waals surface area contributed by atoms with Gasteiger partial charge in [-0.05, 0) is 55.7 Å². The zero-order valence-electron chi connectivity index (χ0n) is 16.8. The van der Waals surface area contributed by atoms with Crippen LogP contribution < -0.4 is 10.2 Å². The second kappa shape index (κ2) is 9.17. The maximum absolute atomic E-state index is 13.3.